The molecule has 0 aliphatic rings. The second-order valence-electron chi connectivity index (χ2n) is 4.41. The molecule has 15 heavy (non-hydrogen) atoms. The minimum Gasteiger partial charge on any atom is -0.493 e. The molecule has 0 saturated heterocycles. The Kier molecular flexibility index (Phi) is 4.47. The molecule has 0 amide bonds. The lowest BCUT2D eigenvalue weighted by atomic mass is 10.1. The third-order valence-corrected chi connectivity index (χ3v) is 2.40. The summed E-state index contributed by atoms with van der Waals surface area (Å²) in [5.74, 6) is 1.66. The van der Waals surface area contributed by atoms with Crippen LogP contribution in [-0.4, -0.2) is 6.61 Å². The fourth-order valence-electron chi connectivity index (χ4n) is 1.45. The summed E-state index contributed by atoms with van der Waals surface area (Å²) in [4.78, 5) is 0. The predicted octanol–water partition coefficient (Wildman–Crippen LogP) is 3.39. The standard InChI is InChI=1S/C13H21NO/c1-10(2)5-4-8-15-13-9-12(14)7-6-11(13)3/h6-7,9-10H,4-5,8,14H2,1-3H3. The Balaban J connectivity index is 2.40. The predicted molar refractivity (Wildman–Crippen MR) is 65.2 cm³/mol. The van der Waals surface area contributed by atoms with Gasteiger partial charge in [0, 0.05) is 11.8 Å². The van der Waals surface area contributed by atoms with Crippen molar-refractivity contribution in [2.75, 3.05) is 12.3 Å². The van der Waals surface area contributed by atoms with Crippen LogP contribution in [0, 0.1) is 12.8 Å². The van der Waals surface area contributed by atoms with E-state index in [9.17, 15) is 0 Å². The molecule has 0 unspecified atom stereocenters. The summed E-state index contributed by atoms with van der Waals surface area (Å²) in [6.45, 7) is 7.28. The summed E-state index contributed by atoms with van der Waals surface area (Å²) >= 11 is 0. The van der Waals surface area contributed by atoms with E-state index < -0.39 is 0 Å². The number of anilines is 1. The number of aryl methyl sites for hydroxylation is 1. The lowest BCUT2D eigenvalue weighted by Crippen LogP contribution is -2.01. The molecule has 0 radical (unpaired) electrons. The molecule has 0 spiro atoms. The Morgan fingerprint density at radius 1 is 1.33 bits per heavy atom. The van der Waals surface area contributed by atoms with E-state index in [1.54, 1.807) is 0 Å². The summed E-state index contributed by atoms with van der Waals surface area (Å²) in [7, 11) is 0. The molecule has 0 saturated carbocycles. The van der Waals surface area contributed by atoms with Crippen molar-refractivity contribution in [1.82, 2.24) is 0 Å². The average molecular weight is 207 g/mol. The Labute approximate surface area is 92.4 Å². The van der Waals surface area contributed by atoms with Gasteiger partial charge in [0.15, 0.2) is 0 Å². The minimum atomic E-state index is 0.746. The summed E-state index contributed by atoms with van der Waals surface area (Å²) in [6, 6.07) is 5.79. The number of hydrogen-bond donors (Lipinski definition) is 1. The van der Waals surface area contributed by atoms with Crippen LogP contribution in [-0.2, 0) is 0 Å². The van der Waals surface area contributed by atoms with Crippen molar-refractivity contribution in [1.29, 1.82) is 0 Å². The lowest BCUT2D eigenvalue weighted by Gasteiger charge is -2.10. The largest absolute Gasteiger partial charge is 0.493 e. The second-order valence-corrected chi connectivity index (χ2v) is 4.41. The summed E-state index contributed by atoms with van der Waals surface area (Å²) < 4.78 is 5.69. The Morgan fingerprint density at radius 3 is 2.73 bits per heavy atom. The summed E-state index contributed by atoms with van der Waals surface area (Å²) in [6.07, 6.45) is 2.31. The van der Waals surface area contributed by atoms with Gasteiger partial charge in [0.05, 0.1) is 6.61 Å². The van der Waals surface area contributed by atoms with Gasteiger partial charge in [0.25, 0.3) is 0 Å². The lowest BCUT2D eigenvalue weighted by molar-refractivity contribution is 0.296. The molecular weight excluding hydrogens is 186 g/mol. The number of hydrogen-bond acceptors (Lipinski definition) is 2. The van der Waals surface area contributed by atoms with E-state index in [0.717, 1.165) is 35.9 Å². The third kappa shape index (κ3) is 4.24. The van der Waals surface area contributed by atoms with Crippen LogP contribution in [0.1, 0.15) is 32.3 Å². The maximum atomic E-state index is 5.70. The van der Waals surface area contributed by atoms with E-state index in [1.807, 2.05) is 25.1 Å². The van der Waals surface area contributed by atoms with Gasteiger partial charge in [-0.05, 0) is 37.3 Å². The van der Waals surface area contributed by atoms with E-state index in [1.165, 1.54) is 6.42 Å². The van der Waals surface area contributed by atoms with Crippen LogP contribution >= 0.6 is 0 Å². The van der Waals surface area contributed by atoms with Crippen molar-refractivity contribution in [2.24, 2.45) is 5.92 Å². The number of ether oxygens (including phenoxy) is 1. The molecule has 1 aromatic carbocycles. The molecule has 2 heteroatoms. The van der Waals surface area contributed by atoms with Crippen LogP contribution in [0.5, 0.6) is 5.75 Å². The zero-order valence-electron chi connectivity index (χ0n) is 9.92. The molecule has 0 heterocycles. The van der Waals surface area contributed by atoms with E-state index in [0.29, 0.717) is 0 Å². The van der Waals surface area contributed by atoms with E-state index in [2.05, 4.69) is 13.8 Å². The number of nitrogens with two attached hydrogens (primary N) is 1. The molecule has 2 N–H and O–H groups in total. The molecule has 0 aliphatic carbocycles. The van der Waals surface area contributed by atoms with Gasteiger partial charge in [-0.1, -0.05) is 19.9 Å². The van der Waals surface area contributed by atoms with Crippen LogP contribution in [0.2, 0.25) is 0 Å². The number of nitrogen functional groups attached to an aromatic ring is 1. The minimum absolute atomic E-state index is 0.746. The molecule has 0 fully saturated rings. The molecule has 1 aromatic rings. The molecule has 0 aliphatic heterocycles. The third-order valence-electron chi connectivity index (χ3n) is 2.40. The van der Waals surface area contributed by atoms with Gasteiger partial charge in [-0.3, -0.25) is 0 Å². The van der Waals surface area contributed by atoms with Crippen LogP contribution < -0.4 is 10.5 Å². The first-order valence-corrected chi connectivity index (χ1v) is 5.58. The van der Waals surface area contributed by atoms with Crippen molar-refractivity contribution in [2.45, 2.75) is 33.6 Å². The van der Waals surface area contributed by atoms with Gasteiger partial charge in [0.1, 0.15) is 5.75 Å². The van der Waals surface area contributed by atoms with Gasteiger partial charge in [-0.15, -0.1) is 0 Å². The van der Waals surface area contributed by atoms with E-state index >= 15 is 0 Å². The fraction of sp³-hybridized carbons (Fsp3) is 0.538. The highest BCUT2D eigenvalue weighted by atomic mass is 16.5. The van der Waals surface area contributed by atoms with Crippen LogP contribution in [0.4, 0.5) is 5.69 Å². The van der Waals surface area contributed by atoms with Crippen LogP contribution in [0.15, 0.2) is 18.2 Å². The van der Waals surface area contributed by atoms with Gasteiger partial charge < -0.3 is 10.5 Å². The van der Waals surface area contributed by atoms with Crippen molar-refractivity contribution >= 4 is 5.69 Å². The molecule has 2 nitrogen and oxygen atoms in total. The quantitative estimate of drug-likeness (QED) is 0.593. The molecule has 1 rings (SSSR count). The van der Waals surface area contributed by atoms with Crippen LogP contribution in [0.25, 0.3) is 0 Å². The first-order chi connectivity index (χ1) is 7.09. The Morgan fingerprint density at radius 2 is 2.07 bits per heavy atom. The van der Waals surface area contributed by atoms with Gasteiger partial charge >= 0.3 is 0 Å². The maximum absolute atomic E-state index is 5.70. The molecule has 0 bridgehead atoms. The Hall–Kier alpha value is -1.18. The molecule has 0 atom stereocenters. The molecular formula is C13H21NO. The normalized spacial score (nSPS) is 10.7. The van der Waals surface area contributed by atoms with Gasteiger partial charge in [-0.25, -0.2) is 0 Å². The molecule has 0 aromatic heterocycles. The van der Waals surface area contributed by atoms with Gasteiger partial charge in [-0.2, -0.15) is 0 Å². The number of rotatable bonds is 5. The smallest absolute Gasteiger partial charge is 0.124 e. The van der Waals surface area contributed by atoms with E-state index in [4.69, 9.17) is 10.5 Å². The first-order valence-electron chi connectivity index (χ1n) is 5.58. The van der Waals surface area contributed by atoms with Crippen molar-refractivity contribution in [3.63, 3.8) is 0 Å². The highest BCUT2D eigenvalue weighted by molar-refractivity contribution is 5.47. The maximum Gasteiger partial charge on any atom is 0.124 e. The summed E-state index contributed by atoms with van der Waals surface area (Å²) in [5.41, 5.74) is 7.61. The monoisotopic (exact) mass is 207 g/mol. The highest BCUT2D eigenvalue weighted by Crippen LogP contribution is 2.21. The van der Waals surface area contributed by atoms with Crippen molar-refractivity contribution in [3.8, 4) is 5.75 Å². The highest BCUT2D eigenvalue weighted by Gasteiger charge is 2.00. The van der Waals surface area contributed by atoms with Crippen LogP contribution in [0.3, 0.4) is 0 Å². The Bertz CT molecular complexity index is 307. The average Bonchev–Trinajstić information content (AvgIpc) is 2.17. The summed E-state index contributed by atoms with van der Waals surface area (Å²) in [5, 5.41) is 0. The van der Waals surface area contributed by atoms with Crippen molar-refractivity contribution in [3.05, 3.63) is 23.8 Å². The first kappa shape index (κ1) is 11.9. The number of benzene rings is 1. The second kappa shape index (κ2) is 5.64. The van der Waals surface area contributed by atoms with E-state index in [-0.39, 0.29) is 0 Å². The zero-order valence-corrected chi connectivity index (χ0v) is 9.92. The zero-order chi connectivity index (χ0) is 11.3. The topological polar surface area (TPSA) is 35.2 Å². The fourth-order valence-corrected chi connectivity index (χ4v) is 1.45. The molecule has 84 valence electrons. The van der Waals surface area contributed by atoms with Crippen molar-refractivity contribution < 1.29 is 4.74 Å². The SMILES string of the molecule is Cc1ccc(N)cc1OCCCC(C)C. The van der Waals surface area contributed by atoms with Gasteiger partial charge in [0.2, 0.25) is 0 Å².